The van der Waals surface area contributed by atoms with Gasteiger partial charge in [-0.25, -0.2) is 0 Å². The highest BCUT2D eigenvalue weighted by atomic mass is 16.2. The molecule has 2 heteroatoms. The number of hydrogen-bond acceptors (Lipinski definition) is 1. The van der Waals surface area contributed by atoms with Crippen molar-refractivity contribution in [2.45, 2.75) is 12.0 Å². The first kappa shape index (κ1) is 14.7. The van der Waals surface area contributed by atoms with Crippen LogP contribution in [0, 0.1) is 0 Å². The Morgan fingerprint density at radius 2 is 1.17 bits per heavy atom. The summed E-state index contributed by atoms with van der Waals surface area (Å²) in [6.45, 7) is 0. The maximum absolute atomic E-state index is 13.2. The third kappa shape index (κ3) is 2.31. The van der Waals surface area contributed by atoms with Crippen LogP contribution in [-0.2, 0) is 4.79 Å². The highest BCUT2D eigenvalue weighted by molar-refractivity contribution is 5.90. The van der Waals surface area contributed by atoms with E-state index >= 15 is 0 Å². The molecule has 1 aliphatic heterocycles. The Hall–Kier alpha value is -2.87. The van der Waals surface area contributed by atoms with Crippen molar-refractivity contribution in [3.63, 3.8) is 0 Å². The van der Waals surface area contributed by atoms with Crippen molar-refractivity contribution in [2.75, 3.05) is 7.05 Å². The van der Waals surface area contributed by atoms with E-state index in [0.29, 0.717) is 0 Å². The molecule has 0 fully saturated rings. The second kappa shape index (κ2) is 5.97. The lowest BCUT2D eigenvalue weighted by Gasteiger charge is -2.39. The molecule has 0 bridgehead atoms. The number of rotatable bonds is 2. The lowest BCUT2D eigenvalue weighted by Crippen LogP contribution is -2.41. The van der Waals surface area contributed by atoms with E-state index in [1.807, 2.05) is 66.5 Å². The van der Waals surface area contributed by atoms with Crippen LogP contribution in [0.1, 0.15) is 34.2 Å². The maximum Gasteiger partial charge on any atom is 0.235 e. The average Bonchev–Trinajstić information content (AvgIpc) is 2.64. The van der Waals surface area contributed by atoms with Gasteiger partial charge in [-0.1, -0.05) is 84.9 Å². The topological polar surface area (TPSA) is 20.3 Å². The Morgan fingerprint density at radius 3 is 1.79 bits per heavy atom. The molecule has 3 aromatic rings. The zero-order valence-electron chi connectivity index (χ0n) is 13.6. The summed E-state index contributed by atoms with van der Waals surface area (Å²) in [6, 6.07) is 28.6. The maximum atomic E-state index is 13.2. The van der Waals surface area contributed by atoms with Crippen LogP contribution >= 0.6 is 0 Å². The van der Waals surface area contributed by atoms with Crippen LogP contribution in [0.3, 0.4) is 0 Å². The minimum atomic E-state index is -0.229. The molecule has 1 aliphatic rings. The minimum absolute atomic E-state index is 0.0325. The lowest BCUT2D eigenvalue weighted by atomic mass is 9.79. The molecule has 118 valence electrons. The van der Waals surface area contributed by atoms with Crippen LogP contribution in [0.2, 0.25) is 0 Å². The zero-order chi connectivity index (χ0) is 16.5. The van der Waals surface area contributed by atoms with Gasteiger partial charge in [0.1, 0.15) is 0 Å². The van der Waals surface area contributed by atoms with Crippen molar-refractivity contribution >= 4 is 5.91 Å². The fourth-order valence-electron chi connectivity index (χ4n) is 3.70. The standard InChI is InChI=1S/C22H19NO/c1-23-21(17-12-6-3-7-13-17)19-15-9-8-14-18(19)20(22(23)24)16-10-4-2-5-11-16/h2-15,20-21H,1H3/t20-,21-/m0/s1. The first-order valence-electron chi connectivity index (χ1n) is 8.23. The van der Waals surface area contributed by atoms with E-state index in [2.05, 4.69) is 30.3 Å². The van der Waals surface area contributed by atoms with Crippen molar-refractivity contribution in [1.82, 2.24) is 4.90 Å². The van der Waals surface area contributed by atoms with Gasteiger partial charge in [-0.15, -0.1) is 0 Å². The quantitative estimate of drug-likeness (QED) is 0.687. The molecule has 0 saturated carbocycles. The van der Waals surface area contributed by atoms with Crippen LogP contribution in [0.4, 0.5) is 0 Å². The molecule has 1 heterocycles. The molecule has 0 spiro atoms. The summed E-state index contributed by atoms with van der Waals surface area (Å²) in [7, 11) is 1.91. The van der Waals surface area contributed by atoms with Crippen molar-refractivity contribution in [3.8, 4) is 0 Å². The molecule has 4 rings (SSSR count). The number of carbonyl (C=O) groups excluding carboxylic acids is 1. The number of nitrogens with zero attached hydrogens (tertiary/aromatic N) is 1. The van der Waals surface area contributed by atoms with E-state index in [4.69, 9.17) is 0 Å². The van der Waals surface area contributed by atoms with E-state index in [9.17, 15) is 4.79 Å². The molecule has 2 atom stereocenters. The summed E-state index contributed by atoms with van der Waals surface area (Å²) in [5, 5.41) is 0. The summed E-state index contributed by atoms with van der Waals surface area (Å²) in [4.78, 5) is 15.1. The van der Waals surface area contributed by atoms with Gasteiger partial charge >= 0.3 is 0 Å². The van der Waals surface area contributed by atoms with E-state index in [1.165, 1.54) is 5.56 Å². The summed E-state index contributed by atoms with van der Waals surface area (Å²) in [5.74, 6) is -0.0823. The van der Waals surface area contributed by atoms with Gasteiger partial charge in [-0.05, 0) is 22.3 Å². The van der Waals surface area contributed by atoms with Gasteiger partial charge in [0, 0.05) is 7.05 Å². The molecular weight excluding hydrogens is 294 g/mol. The molecule has 0 aromatic heterocycles. The van der Waals surface area contributed by atoms with Crippen LogP contribution in [0.5, 0.6) is 0 Å². The Kier molecular flexibility index (Phi) is 3.66. The predicted molar refractivity (Wildman–Crippen MR) is 95.8 cm³/mol. The van der Waals surface area contributed by atoms with E-state index in [0.717, 1.165) is 16.7 Å². The zero-order valence-corrected chi connectivity index (χ0v) is 13.6. The van der Waals surface area contributed by atoms with Gasteiger partial charge in [0.05, 0.1) is 12.0 Å². The van der Waals surface area contributed by atoms with Gasteiger partial charge in [-0.2, -0.15) is 0 Å². The van der Waals surface area contributed by atoms with Crippen LogP contribution in [0.25, 0.3) is 0 Å². The number of benzene rings is 3. The van der Waals surface area contributed by atoms with Gasteiger partial charge in [0.2, 0.25) is 5.91 Å². The summed E-state index contributed by atoms with van der Waals surface area (Å²) in [5.41, 5.74) is 4.51. The SMILES string of the molecule is CN1C(=O)[C@@H](c2ccccc2)c2ccccc2[C@@H]1c1ccccc1. The van der Waals surface area contributed by atoms with Gasteiger partial charge in [-0.3, -0.25) is 4.79 Å². The third-order valence-electron chi connectivity index (χ3n) is 4.83. The van der Waals surface area contributed by atoms with Crippen LogP contribution in [0.15, 0.2) is 84.9 Å². The molecule has 3 aromatic carbocycles. The van der Waals surface area contributed by atoms with Crippen molar-refractivity contribution in [1.29, 1.82) is 0 Å². The van der Waals surface area contributed by atoms with Gasteiger partial charge in [0.25, 0.3) is 0 Å². The first-order valence-corrected chi connectivity index (χ1v) is 8.23. The fraction of sp³-hybridized carbons (Fsp3) is 0.136. The third-order valence-corrected chi connectivity index (χ3v) is 4.83. The van der Waals surface area contributed by atoms with Crippen molar-refractivity contribution in [2.24, 2.45) is 0 Å². The van der Waals surface area contributed by atoms with Crippen LogP contribution in [-0.4, -0.2) is 17.9 Å². The molecular formula is C22H19NO. The summed E-state index contributed by atoms with van der Waals surface area (Å²) < 4.78 is 0. The van der Waals surface area contributed by atoms with Gasteiger partial charge in [0.15, 0.2) is 0 Å². The molecule has 0 radical (unpaired) electrons. The second-order valence-corrected chi connectivity index (χ2v) is 6.23. The number of carbonyl (C=O) groups is 1. The highest BCUT2D eigenvalue weighted by Crippen LogP contribution is 2.42. The second-order valence-electron chi connectivity index (χ2n) is 6.23. The van der Waals surface area contributed by atoms with Crippen LogP contribution < -0.4 is 0 Å². The molecule has 0 aliphatic carbocycles. The number of likely N-dealkylation sites (N-methyl/N-ethyl adjacent to an activating group) is 1. The predicted octanol–water partition coefficient (Wildman–Crippen LogP) is 4.38. The normalized spacial score (nSPS) is 19.9. The van der Waals surface area contributed by atoms with E-state index < -0.39 is 0 Å². The van der Waals surface area contributed by atoms with Gasteiger partial charge < -0.3 is 4.90 Å². The Bertz CT molecular complexity index is 857. The molecule has 1 amide bonds. The Morgan fingerprint density at radius 1 is 0.667 bits per heavy atom. The molecule has 0 saturated heterocycles. The highest BCUT2D eigenvalue weighted by Gasteiger charge is 2.38. The molecule has 0 N–H and O–H groups in total. The lowest BCUT2D eigenvalue weighted by molar-refractivity contribution is -0.133. The number of fused-ring (bicyclic) bond motifs is 1. The smallest absolute Gasteiger partial charge is 0.235 e. The molecule has 2 nitrogen and oxygen atoms in total. The van der Waals surface area contributed by atoms with E-state index in [1.54, 1.807) is 0 Å². The Balaban J connectivity index is 1.90. The van der Waals surface area contributed by atoms with Crippen molar-refractivity contribution < 1.29 is 4.79 Å². The summed E-state index contributed by atoms with van der Waals surface area (Å²) in [6.07, 6.45) is 0. The van der Waals surface area contributed by atoms with E-state index in [-0.39, 0.29) is 17.9 Å². The monoisotopic (exact) mass is 313 g/mol. The number of amides is 1. The number of hydrogen-bond donors (Lipinski definition) is 0. The minimum Gasteiger partial charge on any atom is -0.334 e. The van der Waals surface area contributed by atoms with Crippen molar-refractivity contribution in [3.05, 3.63) is 107 Å². The molecule has 24 heavy (non-hydrogen) atoms. The first-order chi connectivity index (χ1) is 11.8. The molecule has 0 unspecified atom stereocenters. The Labute approximate surface area is 142 Å². The fourth-order valence-corrected chi connectivity index (χ4v) is 3.70. The largest absolute Gasteiger partial charge is 0.334 e. The summed E-state index contributed by atoms with van der Waals surface area (Å²) >= 11 is 0. The average molecular weight is 313 g/mol.